The third kappa shape index (κ3) is 5.13. The van der Waals surface area contributed by atoms with E-state index in [-0.39, 0.29) is 17.4 Å². The van der Waals surface area contributed by atoms with Crippen LogP contribution in [0.2, 0.25) is 15.1 Å². The minimum absolute atomic E-state index is 0.248. The van der Waals surface area contributed by atoms with E-state index in [1.54, 1.807) is 0 Å². The Balaban J connectivity index is 1.93. The van der Waals surface area contributed by atoms with Crippen LogP contribution in [0.15, 0.2) is 41.5 Å². The molecular weight excluding hydrogens is 371 g/mol. The van der Waals surface area contributed by atoms with Gasteiger partial charge in [-0.2, -0.15) is 5.10 Å². The van der Waals surface area contributed by atoms with Crippen molar-refractivity contribution in [1.82, 2.24) is 5.43 Å². The highest BCUT2D eigenvalue weighted by Crippen LogP contribution is 2.33. The summed E-state index contributed by atoms with van der Waals surface area (Å²) in [5, 5.41) is 4.93. The van der Waals surface area contributed by atoms with Gasteiger partial charge in [0.25, 0.3) is 5.91 Å². The fourth-order valence-corrected chi connectivity index (χ4v) is 2.39. The van der Waals surface area contributed by atoms with Crippen molar-refractivity contribution in [3.8, 4) is 5.75 Å². The summed E-state index contributed by atoms with van der Waals surface area (Å²) < 4.78 is 5.33. The molecule has 0 unspecified atom stereocenters. The first-order valence-electron chi connectivity index (χ1n) is 7.04. The lowest BCUT2D eigenvalue weighted by Gasteiger charge is -2.09. The van der Waals surface area contributed by atoms with Crippen molar-refractivity contribution in [3.05, 3.63) is 62.6 Å². The lowest BCUT2D eigenvalue weighted by Crippen LogP contribution is -2.25. The predicted octanol–water partition coefficient (Wildman–Crippen LogP) is 4.87. The van der Waals surface area contributed by atoms with Crippen molar-refractivity contribution in [3.63, 3.8) is 0 Å². The fourth-order valence-electron chi connectivity index (χ4n) is 1.80. The van der Waals surface area contributed by atoms with E-state index in [2.05, 4.69) is 10.5 Å². The van der Waals surface area contributed by atoms with Crippen LogP contribution in [0.4, 0.5) is 0 Å². The van der Waals surface area contributed by atoms with Crippen molar-refractivity contribution >= 4 is 46.4 Å². The molecule has 0 atom stereocenters. The number of hydrazone groups is 1. The lowest BCUT2D eigenvalue weighted by molar-refractivity contribution is -0.123. The summed E-state index contributed by atoms with van der Waals surface area (Å²) >= 11 is 17.7. The maximum atomic E-state index is 11.8. The Kier molecular flexibility index (Phi) is 6.49. The average Bonchev–Trinajstić information content (AvgIpc) is 2.55. The van der Waals surface area contributed by atoms with E-state index in [1.807, 2.05) is 38.1 Å². The smallest absolute Gasteiger partial charge is 0.277 e. The van der Waals surface area contributed by atoms with E-state index in [0.717, 1.165) is 11.1 Å². The summed E-state index contributed by atoms with van der Waals surface area (Å²) in [5.41, 5.74) is 5.20. The molecule has 0 saturated heterocycles. The number of aryl methyl sites for hydroxylation is 1. The van der Waals surface area contributed by atoms with Gasteiger partial charge >= 0.3 is 0 Å². The third-order valence-electron chi connectivity index (χ3n) is 3.15. The summed E-state index contributed by atoms with van der Waals surface area (Å²) in [5.74, 6) is -0.135. The lowest BCUT2D eigenvalue weighted by atomic mass is 10.1. The molecule has 24 heavy (non-hydrogen) atoms. The van der Waals surface area contributed by atoms with E-state index < -0.39 is 5.91 Å². The number of amides is 1. The zero-order valence-electron chi connectivity index (χ0n) is 13.1. The van der Waals surface area contributed by atoms with Gasteiger partial charge in [-0.15, -0.1) is 0 Å². The van der Waals surface area contributed by atoms with Gasteiger partial charge in [-0.3, -0.25) is 4.79 Å². The first-order valence-corrected chi connectivity index (χ1v) is 8.17. The molecule has 7 heteroatoms. The molecular formula is C17H15Cl3N2O2. The standard InChI is InChI=1S/C17H15Cl3N2O2/c1-10-3-5-12(6-4-10)11(2)21-22-17(23)9-24-16-8-14(19)13(18)7-15(16)20/h3-8H,9H2,1-2H3,(H,22,23). The number of ether oxygens (including phenoxy) is 1. The van der Waals surface area contributed by atoms with E-state index in [9.17, 15) is 4.79 Å². The first-order chi connectivity index (χ1) is 11.4. The van der Waals surface area contributed by atoms with E-state index >= 15 is 0 Å². The van der Waals surface area contributed by atoms with Crippen molar-refractivity contribution < 1.29 is 9.53 Å². The molecule has 0 bridgehead atoms. The largest absolute Gasteiger partial charge is 0.482 e. The Morgan fingerprint density at radius 3 is 2.38 bits per heavy atom. The van der Waals surface area contributed by atoms with Gasteiger partial charge in [-0.1, -0.05) is 64.6 Å². The summed E-state index contributed by atoms with van der Waals surface area (Å²) in [6.45, 7) is 3.56. The summed E-state index contributed by atoms with van der Waals surface area (Å²) in [7, 11) is 0. The number of hydrogen-bond acceptors (Lipinski definition) is 3. The summed E-state index contributed by atoms with van der Waals surface area (Å²) in [4.78, 5) is 11.8. The Bertz CT molecular complexity index is 774. The Morgan fingerprint density at radius 1 is 1.08 bits per heavy atom. The molecule has 0 heterocycles. The monoisotopic (exact) mass is 384 g/mol. The minimum atomic E-state index is -0.413. The minimum Gasteiger partial charge on any atom is -0.482 e. The number of nitrogens with one attached hydrogen (secondary N) is 1. The Labute approximate surface area is 155 Å². The molecule has 0 fully saturated rings. The van der Waals surface area contributed by atoms with E-state index in [4.69, 9.17) is 39.5 Å². The number of hydrogen-bond donors (Lipinski definition) is 1. The van der Waals surface area contributed by atoms with Crippen LogP contribution in [-0.4, -0.2) is 18.2 Å². The number of benzene rings is 2. The van der Waals surface area contributed by atoms with Gasteiger partial charge in [0.2, 0.25) is 0 Å². The molecule has 126 valence electrons. The molecule has 2 aromatic rings. The molecule has 1 amide bonds. The molecule has 0 aliphatic rings. The van der Waals surface area contributed by atoms with Crippen LogP contribution in [0.25, 0.3) is 0 Å². The molecule has 1 N–H and O–H groups in total. The molecule has 0 aliphatic carbocycles. The molecule has 0 aromatic heterocycles. The van der Waals surface area contributed by atoms with Crippen molar-refractivity contribution in [2.45, 2.75) is 13.8 Å². The van der Waals surface area contributed by atoms with Crippen LogP contribution in [0, 0.1) is 6.92 Å². The van der Waals surface area contributed by atoms with Gasteiger partial charge in [0.05, 0.1) is 20.8 Å². The maximum Gasteiger partial charge on any atom is 0.277 e. The van der Waals surface area contributed by atoms with Gasteiger partial charge in [0.15, 0.2) is 6.61 Å². The van der Waals surface area contributed by atoms with Crippen molar-refractivity contribution in [1.29, 1.82) is 0 Å². The summed E-state index contributed by atoms with van der Waals surface area (Å²) in [6, 6.07) is 10.7. The van der Waals surface area contributed by atoms with Gasteiger partial charge in [-0.05, 0) is 25.5 Å². The normalized spacial score (nSPS) is 11.3. The topological polar surface area (TPSA) is 50.7 Å². The fraction of sp³-hybridized carbons (Fsp3) is 0.176. The van der Waals surface area contributed by atoms with Crippen LogP contribution in [-0.2, 0) is 4.79 Å². The van der Waals surface area contributed by atoms with Gasteiger partial charge < -0.3 is 4.74 Å². The van der Waals surface area contributed by atoms with Crippen molar-refractivity contribution in [2.24, 2.45) is 5.10 Å². The number of nitrogens with zero attached hydrogens (tertiary/aromatic N) is 1. The molecule has 0 spiro atoms. The molecule has 2 aromatic carbocycles. The third-order valence-corrected chi connectivity index (χ3v) is 4.17. The average molecular weight is 386 g/mol. The number of halogens is 3. The Morgan fingerprint density at radius 2 is 1.71 bits per heavy atom. The second-order valence-electron chi connectivity index (χ2n) is 5.08. The van der Waals surface area contributed by atoms with Crippen LogP contribution < -0.4 is 10.2 Å². The SMILES string of the molecule is CC(=NNC(=O)COc1cc(Cl)c(Cl)cc1Cl)c1ccc(C)cc1. The highest BCUT2D eigenvalue weighted by atomic mass is 35.5. The van der Waals surface area contributed by atoms with Crippen LogP contribution >= 0.6 is 34.8 Å². The Hall–Kier alpha value is -1.75. The maximum absolute atomic E-state index is 11.8. The quantitative estimate of drug-likeness (QED) is 0.453. The second-order valence-corrected chi connectivity index (χ2v) is 6.31. The van der Waals surface area contributed by atoms with Crippen LogP contribution in [0.5, 0.6) is 5.75 Å². The van der Waals surface area contributed by atoms with Gasteiger partial charge in [-0.25, -0.2) is 5.43 Å². The molecule has 0 saturated carbocycles. The summed E-state index contributed by atoms with van der Waals surface area (Å²) in [6.07, 6.45) is 0. The molecule has 0 aliphatic heterocycles. The molecule has 4 nitrogen and oxygen atoms in total. The van der Waals surface area contributed by atoms with Gasteiger partial charge in [0, 0.05) is 6.07 Å². The van der Waals surface area contributed by atoms with Gasteiger partial charge in [0.1, 0.15) is 5.75 Å². The molecule has 0 radical (unpaired) electrons. The van der Waals surface area contributed by atoms with Crippen LogP contribution in [0.1, 0.15) is 18.1 Å². The number of rotatable bonds is 5. The highest BCUT2D eigenvalue weighted by molar-refractivity contribution is 6.43. The zero-order valence-corrected chi connectivity index (χ0v) is 15.3. The van der Waals surface area contributed by atoms with Crippen LogP contribution in [0.3, 0.4) is 0 Å². The number of carbonyl (C=O) groups excluding carboxylic acids is 1. The first kappa shape index (κ1) is 18.6. The predicted molar refractivity (Wildman–Crippen MR) is 98.5 cm³/mol. The second kappa shape index (κ2) is 8.38. The van der Waals surface area contributed by atoms with E-state index in [1.165, 1.54) is 12.1 Å². The zero-order chi connectivity index (χ0) is 17.7. The molecule has 2 rings (SSSR count). The van der Waals surface area contributed by atoms with E-state index in [0.29, 0.717) is 15.8 Å². The van der Waals surface area contributed by atoms with Crippen molar-refractivity contribution in [2.75, 3.05) is 6.61 Å². The number of carbonyl (C=O) groups is 1. The highest BCUT2D eigenvalue weighted by Gasteiger charge is 2.09.